The van der Waals surface area contributed by atoms with Gasteiger partial charge in [0.25, 0.3) is 0 Å². The summed E-state index contributed by atoms with van der Waals surface area (Å²) in [6.07, 6.45) is 1.80. The molecular formula is C25H28N6O2. The summed E-state index contributed by atoms with van der Waals surface area (Å²) in [5.74, 6) is 0.882. The number of amides is 2. The van der Waals surface area contributed by atoms with Gasteiger partial charge in [0.05, 0.1) is 18.0 Å². The molecule has 8 heteroatoms. The Labute approximate surface area is 193 Å². The van der Waals surface area contributed by atoms with E-state index in [1.165, 1.54) is 0 Å². The van der Waals surface area contributed by atoms with E-state index in [0.717, 1.165) is 28.8 Å². The molecule has 0 aliphatic carbocycles. The van der Waals surface area contributed by atoms with Crippen molar-refractivity contribution in [3.8, 4) is 0 Å². The zero-order valence-corrected chi connectivity index (χ0v) is 18.6. The zero-order valence-electron chi connectivity index (χ0n) is 18.6. The molecule has 3 aromatic rings. The van der Waals surface area contributed by atoms with Gasteiger partial charge < -0.3 is 15.1 Å². The van der Waals surface area contributed by atoms with E-state index in [0.29, 0.717) is 39.3 Å². The maximum atomic E-state index is 13.1. The molecule has 2 saturated heterocycles. The summed E-state index contributed by atoms with van der Waals surface area (Å²) in [6, 6.07) is 17.6. The lowest BCUT2D eigenvalue weighted by Crippen LogP contribution is -2.57. The van der Waals surface area contributed by atoms with Crippen molar-refractivity contribution in [3.05, 3.63) is 66.5 Å². The number of aromatic nitrogens is 2. The number of piperazine rings is 2. The highest BCUT2D eigenvalue weighted by Crippen LogP contribution is 2.24. The van der Waals surface area contributed by atoms with Crippen molar-refractivity contribution in [2.45, 2.75) is 19.0 Å². The van der Waals surface area contributed by atoms with E-state index in [2.05, 4.69) is 37.2 Å². The number of fused-ring (bicyclic) bond motifs is 1. The maximum absolute atomic E-state index is 13.1. The van der Waals surface area contributed by atoms with Crippen molar-refractivity contribution in [1.82, 2.24) is 25.1 Å². The lowest BCUT2D eigenvalue weighted by Gasteiger charge is -2.38. The molecule has 1 aromatic heterocycles. The zero-order chi connectivity index (χ0) is 22.6. The summed E-state index contributed by atoms with van der Waals surface area (Å²) in [5, 5.41) is 3.95. The summed E-state index contributed by atoms with van der Waals surface area (Å²) in [5.41, 5.74) is 2.07. The molecule has 1 atom stereocenters. The van der Waals surface area contributed by atoms with Crippen molar-refractivity contribution >= 4 is 28.5 Å². The number of nitrogens with one attached hydrogen (secondary N) is 1. The molecule has 33 heavy (non-hydrogen) atoms. The normalized spacial score (nSPS) is 19.5. The number of benzene rings is 2. The van der Waals surface area contributed by atoms with Crippen LogP contribution in [-0.2, 0) is 16.1 Å². The molecule has 2 amide bonds. The topological polar surface area (TPSA) is 81.7 Å². The van der Waals surface area contributed by atoms with Crippen molar-refractivity contribution in [2.24, 2.45) is 0 Å². The summed E-state index contributed by atoms with van der Waals surface area (Å²) in [4.78, 5) is 40.8. The Morgan fingerprint density at radius 1 is 0.939 bits per heavy atom. The number of hydrogen-bond acceptors (Lipinski definition) is 6. The molecule has 3 heterocycles. The second-order valence-corrected chi connectivity index (χ2v) is 8.55. The molecular weight excluding hydrogens is 416 g/mol. The van der Waals surface area contributed by atoms with Gasteiger partial charge in [0.15, 0.2) is 0 Å². The standard InChI is InChI=1S/C25H28N6O2/c32-23(16-22-25(33)26-10-11-31(22)17-19-6-2-1-3-7-19)29-12-14-30(15-13-29)24-20-8-4-5-9-21(20)27-18-28-24/h1-9,18,22H,10-17H2,(H,26,33)/t22-/m1/s1. The molecule has 0 saturated carbocycles. The van der Waals surface area contributed by atoms with E-state index >= 15 is 0 Å². The van der Waals surface area contributed by atoms with E-state index < -0.39 is 6.04 Å². The number of carbonyl (C=O) groups is 2. The molecule has 2 aromatic carbocycles. The van der Waals surface area contributed by atoms with Gasteiger partial charge in [-0.3, -0.25) is 14.5 Å². The van der Waals surface area contributed by atoms with Crippen LogP contribution in [0.4, 0.5) is 5.82 Å². The average Bonchev–Trinajstić information content (AvgIpc) is 2.86. The summed E-state index contributed by atoms with van der Waals surface area (Å²) < 4.78 is 0. The highest BCUT2D eigenvalue weighted by Gasteiger charge is 2.33. The SMILES string of the molecule is O=C1NCCN(Cc2ccccc2)[C@@H]1CC(=O)N1CCN(c2ncnc3ccccc23)CC1. The molecule has 0 unspecified atom stereocenters. The minimum absolute atomic E-state index is 0.0299. The molecule has 2 aliphatic heterocycles. The Morgan fingerprint density at radius 3 is 2.52 bits per heavy atom. The average molecular weight is 445 g/mol. The fourth-order valence-corrected chi connectivity index (χ4v) is 4.70. The number of carbonyl (C=O) groups excluding carboxylic acids is 2. The summed E-state index contributed by atoms with van der Waals surface area (Å²) >= 11 is 0. The van der Waals surface area contributed by atoms with Gasteiger partial charge in [-0.2, -0.15) is 0 Å². The third-order valence-corrected chi connectivity index (χ3v) is 6.49. The quantitative estimate of drug-likeness (QED) is 0.645. The Balaban J connectivity index is 1.22. The third kappa shape index (κ3) is 4.66. The van der Waals surface area contributed by atoms with Crippen molar-refractivity contribution < 1.29 is 9.59 Å². The maximum Gasteiger partial charge on any atom is 0.237 e. The number of anilines is 1. The Bertz CT molecular complexity index is 1120. The summed E-state index contributed by atoms with van der Waals surface area (Å²) in [6.45, 7) is 4.67. The highest BCUT2D eigenvalue weighted by atomic mass is 16.2. The van der Waals surface area contributed by atoms with Crippen molar-refractivity contribution in [2.75, 3.05) is 44.2 Å². The van der Waals surface area contributed by atoms with Gasteiger partial charge in [-0.25, -0.2) is 9.97 Å². The molecule has 2 fully saturated rings. The van der Waals surface area contributed by atoms with Gasteiger partial charge in [-0.1, -0.05) is 42.5 Å². The van der Waals surface area contributed by atoms with Gasteiger partial charge in [-0.15, -0.1) is 0 Å². The lowest BCUT2D eigenvalue weighted by molar-refractivity contribution is -0.139. The Kier molecular flexibility index (Phi) is 6.17. The van der Waals surface area contributed by atoms with Crippen LogP contribution in [0.5, 0.6) is 0 Å². The van der Waals surface area contributed by atoms with Crippen LogP contribution in [0.3, 0.4) is 0 Å². The fourth-order valence-electron chi connectivity index (χ4n) is 4.70. The molecule has 0 spiro atoms. The van der Waals surface area contributed by atoms with Crippen LogP contribution >= 0.6 is 0 Å². The molecule has 8 nitrogen and oxygen atoms in total. The second-order valence-electron chi connectivity index (χ2n) is 8.55. The van der Waals surface area contributed by atoms with Gasteiger partial charge >= 0.3 is 0 Å². The van der Waals surface area contributed by atoms with Crippen LogP contribution in [0.2, 0.25) is 0 Å². The van der Waals surface area contributed by atoms with Crippen molar-refractivity contribution in [3.63, 3.8) is 0 Å². The van der Waals surface area contributed by atoms with Gasteiger partial charge in [-0.05, 0) is 17.7 Å². The number of para-hydroxylation sites is 1. The first-order valence-corrected chi connectivity index (χ1v) is 11.5. The van der Waals surface area contributed by atoms with E-state index in [4.69, 9.17) is 0 Å². The molecule has 0 bridgehead atoms. The highest BCUT2D eigenvalue weighted by molar-refractivity contribution is 5.90. The van der Waals surface area contributed by atoms with Crippen LogP contribution in [0.15, 0.2) is 60.9 Å². The Hall–Kier alpha value is -3.52. The minimum Gasteiger partial charge on any atom is -0.353 e. The van der Waals surface area contributed by atoms with Crippen molar-refractivity contribution in [1.29, 1.82) is 0 Å². The van der Waals surface area contributed by atoms with E-state index in [-0.39, 0.29) is 18.2 Å². The van der Waals surface area contributed by atoms with Gasteiger partial charge in [0.1, 0.15) is 12.1 Å². The third-order valence-electron chi connectivity index (χ3n) is 6.49. The molecule has 5 rings (SSSR count). The predicted octanol–water partition coefficient (Wildman–Crippen LogP) is 1.67. The number of nitrogens with zero attached hydrogens (tertiary/aromatic N) is 5. The van der Waals surface area contributed by atoms with E-state index in [1.807, 2.05) is 47.4 Å². The summed E-state index contributed by atoms with van der Waals surface area (Å²) in [7, 11) is 0. The second kappa shape index (κ2) is 9.54. The van der Waals surface area contributed by atoms with Gasteiger partial charge in [0, 0.05) is 51.2 Å². The molecule has 2 aliphatic rings. The fraction of sp³-hybridized carbons (Fsp3) is 0.360. The molecule has 170 valence electrons. The number of rotatable bonds is 5. The van der Waals surface area contributed by atoms with Crippen LogP contribution in [0.25, 0.3) is 10.9 Å². The van der Waals surface area contributed by atoms with Crippen LogP contribution < -0.4 is 10.2 Å². The van der Waals surface area contributed by atoms with E-state index in [1.54, 1.807) is 6.33 Å². The predicted molar refractivity (Wildman–Crippen MR) is 127 cm³/mol. The molecule has 1 N–H and O–H groups in total. The minimum atomic E-state index is -0.435. The number of hydrogen-bond donors (Lipinski definition) is 1. The largest absolute Gasteiger partial charge is 0.353 e. The van der Waals surface area contributed by atoms with Crippen LogP contribution in [0, 0.1) is 0 Å². The molecule has 0 radical (unpaired) electrons. The van der Waals surface area contributed by atoms with Crippen LogP contribution in [0.1, 0.15) is 12.0 Å². The smallest absolute Gasteiger partial charge is 0.237 e. The Morgan fingerprint density at radius 2 is 1.70 bits per heavy atom. The lowest BCUT2D eigenvalue weighted by atomic mass is 10.1. The van der Waals surface area contributed by atoms with Gasteiger partial charge in [0.2, 0.25) is 11.8 Å². The van der Waals surface area contributed by atoms with Crippen LogP contribution in [-0.4, -0.2) is 76.9 Å². The first-order chi connectivity index (χ1) is 16.2. The first-order valence-electron chi connectivity index (χ1n) is 11.5. The van der Waals surface area contributed by atoms with E-state index in [9.17, 15) is 9.59 Å². The monoisotopic (exact) mass is 444 g/mol. The first kappa shape index (κ1) is 21.3.